The molecule has 24 heavy (non-hydrogen) atoms. The zero-order chi connectivity index (χ0) is 17.1. The third-order valence-corrected chi connectivity index (χ3v) is 4.34. The fraction of sp³-hybridized carbons (Fsp3) is 0.111. The number of amides is 1. The molecule has 0 fully saturated rings. The van der Waals surface area contributed by atoms with Crippen LogP contribution >= 0.6 is 0 Å². The van der Waals surface area contributed by atoms with Crippen molar-refractivity contribution >= 4 is 38.1 Å². The van der Waals surface area contributed by atoms with E-state index in [9.17, 15) is 10.2 Å². The van der Waals surface area contributed by atoms with Gasteiger partial charge >= 0.3 is 147 Å². The molecule has 0 saturated carbocycles. The number of furan rings is 1. The average Bonchev–Trinajstić information content (AvgIpc) is 3.09. The number of benzene rings is 1. The standard InChI is InChI=1S/C18H13N3O2Se/c1-11-15(17(22)21-12-6-3-2-4-7-12)16(14-8-5-9-23-14)13(10-19)18(24)20-11/h2-9,16H,1H3,(H,21,22)/q-1. The van der Waals surface area contributed by atoms with Crippen LogP contribution < -0.4 is 5.32 Å². The van der Waals surface area contributed by atoms with Crippen molar-refractivity contribution in [2.24, 2.45) is 4.99 Å². The fourth-order valence-corrected chi connectivity index (χ4v) is 3.25. The minimum absolute atomic E-state index is 0.302. The van der Waals surface area contributed by atoms with Gasteiger partial charge in [-0.15, -0.1) is 0 Å². The number of hydrogen-bond donors (Lipinski definition) is 1. The molecule has 0 spiro atoms. The quantitative estimate of drug-likeness (QED) is 0.654. The molecule has 1 N–H and O–H groups in total. The third-order valence-electron chi connectivity index (χ3n) is 3.69. The van der Waals surface area contributed by atoms with Crippen LogP contribution in [0.1, 0.15) is 18.6 Å². The molecule has 1 aromatic carbocycles. The number of carbonyl (C=O) groups is 1. The Hall–Kier alpha value is -2.65. The first-order valence-corrected chi connectivity index (χ1v) is 8.11. The molecule has 1 unspecified atom stereocenters. The first kappa shape index (κ1) is 16.2. The van der Waals surface area contributed by atoms with Crippen molar-refractivity contribution in [2.45, 2.75) is 12.8 Å². The second-order valence-electron chi connectivity index (χ2n) is 5.21. The van der Waals surface area contributed by atoms with Gasteiger partial charge < -0.3 is 0 Å². The number of carbonyl (C=O) groups excluding carboxylic acids is 1. The van der Waals surface area contributed by atoms with Gasteiger partial charge in [0.25, 0.3) is 0 Å². The molecule has 1 radical (unpaired) electrons. The summed E-state index contributed by atoms with van der Waals surface area (Å²) < 4.78 is 5.96. The normalized spacial score (nSPS) is 17.3. The molecule has 5 nitrogen and oxygen atoms in total. The predicted octanol–water partition coefficient (Wildman–Crippen LogP) is 3.02. The van der Waals surface area contributed by atoms with Crippen LogP contribution in [0.25, 0.3) is 5.41 Å². The molecule has 2 heterocycles. The number of aliphatic imine (C=N–C) groups is 1. The first-order chi connectivity index (χ1) is 11.6. The van der Waals surface area contributed by atoms with E-state index in [0.29, 0.717) is 32.9 Å². The van der Waals surface area contributed by atoms with Gasteiger partial charge in [-0.3, -0.25) is 0 Å². The Morgan fingerprint density at radius 2 is 2.04 bits per heavy atom. The van der Waals surface area contributed by atoms with Crippen molar-refractivity contribution in [1.82, 2.24) is 0 Å². The van der Waals surface area contributed by atoms with Crippen LogP contribution in [0.5, 0.6) is 0 Å². The Labute approximate surface area is 147 Å². The van der Waals surface area contributed by atoms with Gasteiger partial charge in [0.05, 0.1) is 0 Å². The molecule has 2 aromatic rings. The molecule has 0 saturated heterocycles. The number of para-hydroxylation sites is 1. The van der Waals surface area contributed by atoms with Crippen LogP contribution in [-0.2, 0) is 4.79 Å². The maximum absolute atomic E-state index is 12.8. The molecule has 1 aliphatic rings. The van der Waals surface area contributed by atoms with E-state index in [1.807, 2.05) is 18.2 Å². The zero-order valence-electron chi connectivity index (χ0n) is 12.8. The predicted molar refractivity (Wildman–Crippen MR) is 94.3 cm³/mol. The zero-order valence-corrected chi connectivity index (χ0v) is 14.5. The van der Waals surface area contributed by atoms with Crippen LogP contribution in [0.4, 0.5) is 5.69 Å². The Morgan fingerprint density at radius 1 is 1.29 bits per heavy atom. The Balaban J connectivity index is 2.06. The molecule has 1 atom stereocenters. The number of hydrogen-bond acceptors (Lipinski definition) is 3. The molecule has 6 heteroatoms. The topological polar surface area (TPSA) is 76.9 Å². The van der Waals surface area contributed by atoms with Gasteiger partial charge in [-0.05, 0) is 0 Å². The van der Waals surface area contributed by atoms with Crippen molar-refractivity contribution in [1.29, 1.82) is 0 Å². The Bertz CT molecular complexity index is 876. The van der Waals surface area contributed by atoms with Crippen LogP contribution in [0.3, 0.4) is 0 Å². The molecule has 3 rings (SSSR count). The monoisotopic (exact) mass is 383 g/mol. The second kappa shape index (κ2) is 6.85. The van der Waals surface area contributed by atoms with Gasteiger partial charge in [-0.25, -0.2) is 0 Å². The van der Waals surface area contributed by atoms with Crippen LogP contribution in [0.15, 0.2) is 75.0 Å². The van der Waals surface area contributed by atoms with Crippen molar-refractivity contribution in [2.75, 3.05) is 5.32 Å². The summed E-state index contributed by atoms with van der Waals surface area (Å²) in [6, 6.07) is 12.6. The molecule has 0 bridgehead atoms. The molecular weight excluding hydrogens is 369 g/mol. The second-order valence-corrected chi connectivity index (χ2v) is 6.02. The van der Waals surface area contributed by atoms with E-state index >= 15 is 0 Å². The Morgan fingerprint density at radius 3 is 2.67 bits per heavy atom. The maximum atomic E-state index is 12.8. The number of anilines is 1. The van der Waals surface area contributed by atoms with Crippen molar-refractivity contribution in [3.63, 3.8) is 0 Å². The number of nitrogens with one attached hydrogen (secondary N) is 1. The van der Waals surface area contributed by atoms with Crippen molar-refractivity contribution in [3.05, 3.63) is 76.7 Å². The molecule has 1 aromatic heterocycles. The van der Waals surface area contributed by atoms with Crippen LogP contribution in [0, 0.1) is 0 Å². The Kier molecular flexibility index (Phi) is 4.63. The van der Waals surface area contributed by atoms with E-state index in [4.69, 9.17) is 4.42 Å². The molecule has 0 aliphatic carbocycles. The summed E-state index contributed by atoms with van der Waals surface area (Å²) >= 11 is 2.79. The van der Waals surface area contributed by atoms with Gasteiger partial charge in [0.2, 0.25) is 0 Å². The van der Waals surface area contributed by atoms with E-state index in [0.717, 1.165) is 0 Å². The van der Waals surface area contributed by atoms with E-state index in [-0.39, 0.29) is 5.91 Å². The van der Waals surface area contributed by atoms with Crippen molar-refractivity contribution in [3.8, 4) is 0 Å². The number of nitrogens with zero attached hydrogens (tertiary/aromatic N) is 2. The summed E-state index contributed by atoms with van der Waals surface area (Å²) in [5.41, 5.74) is 2.01. The van der Waals surface area contributed by atoms with Gasteiger partial charge in [-0.1, -0.05) is 0 Å². The third kappa shape index (κ3) is 3.03. The summed E-state index contributed by atoms with van der Waals surface area (Å²) in [5, 5.41) is 12.4. The summed E-state index contributed by atoms with van der Waals surface area (Å²) in [5.74, 6) is 1.79. The van der Waals surface area contributed by atoms with Gasteiger partial charge in [0.15, 0.2) is 0 Å². The van der Waals surface area contributed by atoms with E-state index in [1.165, 1.54) is 6.26 Å². The number of rotatable bonds is 3. The van der Waals surface area contributed by atoms with E-state index in [2.05, 4.69) is 32.2 Å². The van der Waals surface area contributed by atoms with Gasteiger partial charge in [-0.2, -0.15) is 0 Å². The molecule has 1 amide bonds. The van der Waals surface area contributed by atoms with Gasteiger partial charge in [0, 0.05) is 0 Å². The molecule has 119 valence electrons. The van der Waals surface area contributed by atoms with Crippen molar-refractivity contribution < 1.29 is 9.21 Å². The molecular formula is C18H13N3O2Se-. The summed E-state index contributed by atoms with van der Waals surface area (Å²) in [6.07, 6.45) is 1.52. The average molecular weight is 382 g/mol. The fourth-order valence-electron chi connectivity index (χ4n) is 2.62. The van der Waals surface area contributed by atoms with Crippen LogP contribution in [0.2, 0.25) is 0 Å². The van der Waals surface area contributed by atoms with Crippen LogP contribution in [-0.4, -0.2) is 32.4 Å². The first-order valence-electron chi connectivity index (χ1n) is 7.25. The number of allylic oxidation sites excluding steroid dienone is 2. The SMILES string of the molecule is CC1=C(C(=O)Nc2ccccc2)C(c2ccco2)C(=C=[N-])C([Se])=N1. The summed E-state index contributed by atoms with van der Waals surface area (Å²) in [4.78, 5) is 17.2. The molecule has 1 aliphatic heterocycles. The minimum atomic E-state index is -0.581. The van der Waals surface area contributed by atoms with E-state index in [1.54, 1.807) is 31.2 Å². The summed E-state index contributed by atoms with van der Waals surface area (Å²) in [6.45, 7) is 1.75. The van der Waals surface area contributed by atoms with Gasteiger partial charge in [0.1, 0.15) is 0 Å². The van der Waals surface area contributed by atoms with E-state index < -0.39 is 5.92 Å². The summed E-state index contributed by atoms with van der Waals surface area (Å²) in [7, 11) is 0.